The van der Waals surface area contributed by atoms with Crippen molar-refractivity contribution in [3.63, 3.8) is 0 Å². The Bertz CT molecular complexity index is 168. The van der Waals surface area contributed by atoms with Crippen LogP contribution in [-0.2, 0) is 50.1 Å². The molecule has 0 bridgehead atoms. The van der Waals surface area contributed by atoms with Crippen LogP contribution >= 0.6 is 0 Å². The normalized spacial score (nSPS) is 9.93. The predicted molar refractivity (Wildman–Crippen MR) is 62.3 cm³/mol. The minimum absolute atomic E-state index is 0. The third-order valence-corrected chi connectivity index (χ3v) is 2.35. The fraction of sp³-hybridized carbons (Fsp3) is 0.900. The number of hydrogen-bond donors (Lipinski definition) is 0. The summed E-state index contributed by atoms with van der Waals surface area (Å²) >= 11 is 4.80. The maximum absolute atomic E-state index is 11.4. The standard InChI is InChI=1S/C10H22N2OS.Y/c1-11(2)7-5-8-12(3)10(13)6-4-9-14;/h14H,4-9H2,1-3H3;/p-1. The van der Waals surface area contributed by atoms with Gasteiger partial charge in [-0.25, -0.2) is 0 Å². The molecule has 0 saturated heterocycles. The fourth-order valence-corrected chi connectivity index (χ4v) is 1.31. The van der Waals surface area contributed by atoms with Crippen molar-refractivity contribution < 1.29 is 37.5 Å². The quantitative estimate of drug-likeness (QED) is 0.648. The third kappa shape index (κ3) is 11.2. The molecule has 0 N–H and O–H groups in total. The molecule has 0 atom stereocenters. The summed E-state index contributed by atoms with van der Waals surface area (Å²) in [7, 11) is 5.94. The molecule has 0 aromatic carbocycles. The second-order valence-electron chi connectivity index (χ2n) is 3.78. The summed E-state index contributed by atoms with van der Waals surface area (Å²) < 4.78 is 0. The molecule has 15 heavy (non-hydrogen) atoms. The van der Waals surface area contributed by atoms with Crippen LogP contribution in [0.3, 0.4) is 0 Å². The van der Waals surface area contributed by atoms with Gasteiger partial charge >= 0.3 is 0 Å². The molecule has 0 spiro atoms. The van der Waals surface area contributed by atoms with Crippen LogP contribution in [0.1, 0.15) is 19.3 Å². The summed E-state index contributed by atoms with van der Waals surface area (Å²) in [5, 5.41) is 0. The molecule has 0 saturated carbocycles. The number of carbonyl (C=O) groups is 1. The topological polar surface area (TPSA) is 23.6 Å². The van der Waals surface area contributed by atoms with Gasteiger partial charge in [-0.05, 0) is 27.1 Å². The number of amides is 1. The Morgan fingerprint density at radius 1 is 1.13 bits per heavy atom. The maximum atomic E-state index is 11.4. The van der Waals surface area contributed by atoms with Crippen molar-refractivity contribution in [1.29, 1.82) is 0 Å². The monoisotopic (exact) mass is 306 g/mol. The molecule has 3 nitrogen and oxygen atoms in total. The summed E-state index contributed by atoms with van der Waals surface area (Å²) in [5.74, 6) is 0.894. The molecule has 0 fully saturated rings. The molecule has 87 valence electrons. The molecule has 0 aromatic rings. The van der Waals surface area contributed by atoms with E-state index in [-0.39, 0.29) is 38.6 Å². The van der Waals surface area contributed by atoms with E-state index in [2.05, 4.69) is 4.90 Å². The minimum Gasteiger partial charge on any atom is -0.793 e. The van der Waals surface area contributed by atoms with Gasteiger partial charge in [-0.1, -0.05) is 6.42 Å². The van der Waals surface area contributed by atoms with Gasteiger partial charge in [0, 0.05) is 52.7 Å². The predicted octanol–water partition coefficient (Wildman–Crippen LogP) is 0.721. The zero-order valence-electron chi connectivity index (χ0n) is 10.0. The van der Waals surface area contributed by atoms with Crippen molar-refractivity contribution in [2.75, 3.05) is 40.0 Å². The maximum Gasteiger partial charge on any atom is 0.222 e. The van der Waals surface area contributed by atoms with E-state index in [4.69, 9.17) is 12.6 Å². The molecular weight excluding hydrogens is 285 g/mol. The summed E-state index contributed by atoms with van der Waals surface area (Å²) in [6.07, 6.45) is 2.46. The Morgan fingerprint density at radius 3 is 2.20 bits per heavy atom. The molecule has 0 aliphatic rings. The number of hydrogen-bond acceptors (Lipinski definition) is 3. The van der Waals surface area contributed by atoms with Crippen LogP contribution < -0.4 is 0 Å². The van der Waals surface area contributed by atoms with Gasteiger partial charge < -0.3 is 22.4 Å². The van der Waals surface area contributed by atoms with Crippen LogP contribution in [0.5, 0.6) is 0 Å². The number of nitrogens with zero attached hydrogens (tertiary/aromatic N) is 2. The number of carbonyl (C=O) groups excluding carboxylic acids is 1. The van der Waals surface area contributed by atoms with Crippen LogP contribution in [0.4, 0.5) is 0 Å². The average molecular weight is 306 g/mol. The molecule has 5 heteroatoms. The number of rotatable bonds is 7. The van der Waals surface area contributed by atoms with E-state index in [1.54, 1.807) is 4.90 Å². The Labute approximate surface area is 124 Å². The minimum atomic E-state index is 0. The fourth-order valence-electron chi connectivity index (χ4n) is 1.16. The van der Waals surface area contributed by atoms with Crippen LogP contribution in [0.25, 0.3) is 0 Å². The van der Waals surface area contributed by atoms with Gasteiger partial charge in [-0.3, -0.25) is 4.79 Å². The van der Waals surface area contributed by atoms with Crippen LogP contribution in [0, 0.1) is 0 Å². The van der Waals surface area contributed by atoms with Gasteiger partial charge in [0.1, 0.15) is 0 Å². The summed E-state index contributed by atoms with van der Waals surface area (Å²) in [6, 6.07) is 0. The zero-order valence-corrected chi connectivity index (χ0v) is 13.7. The van der Waals surface area contributed by atoms with Crippen molar-refractivity contribution in [3.8, 4) is 0 Å². The van der Waals surface area contributed by atoms with E-state index in [1.807, 2.05) is 21.1 Å². The van der Waals surface area contributed by atoms with Gasteiger partial charge in [0.25, 0.3) is 0 Å². The first kappa shape index (κ1) is 18.3. The summed E-state index contributed by atoms with van der Waals surface area (Å²) in [5.41, 5.74) is 0. The van der Waals surface area contributed by atoms with E-state index >= 15 is 0 Å². The Morgan fingerprint density at radius 2 is 1.73 bits per heavy atom. The molecule has 1 radical (unpaired) electrons. The first-order valence-corrected chi connectivity index (χ1v) is 5.62. The van der Waals surface area contributed by atoms with E-state index < -0.39 is 0 Å². The van der Waals surface area contributed by atoms with E-state index in [0.29, 0.717) is 12.2 Å². The second kappa shape index (κ2) is 11.4. The van der Waals surface area contributed by atoms with Crippen molar-refractivity contribution in [1.82, 2.24) is 9.80 Å². The largest absolute Gasteiger partial charge is 0.793 e. The van der Waals surface area contributed by atoms with Gasteiger partial charge in [0.2, 0.25) is 5.91 Å². The Hall–Kier alpha value is 0.884. The summed E-state index contributed by atoms with van der Waals surface area (Å²) in [4.78, 5) is 15.4. The van der Waals surface area contributed by atoms with Crippen molar-refractivity contribution in [2.45, 2.75) is 19.3 Å². The van der Waals surface area contributed by atoms with Gasteiger partial charge in [0.05, 0.1) is 0 Å². The molecule has 0 aliphatic heterocycles. The smallest absolute Gasteiger partial charge is 0.222 e. The molecule has 0 rings (SSSR count). The summed E-state index contributed by atoms with van der Waals surface area (Å²) in [6.45, 7) is 1.87. The van der Waals surface area contributed by atoms with Crippen molar-refractivity contribution in [2.24, 2.45) is 0 Å². The van der Waals surface area contributed by atoms with E-state index in [9.17, 15) is 4.79 Å². The molecular formula is C10H21N2OSY-. The zero-order chi connectivity index (χ0) is 11.0. The Balaban J connectivity index is 0. The van der Waals surface area contributed by atoms with E-state index in [1.165, 1.54) is 0 Å². The molecule has 0 aliphatic carbocycles. The van der Waals surface area contributed by atoms with Gasteiger partial charge in [-0.2, -0.15) is 5.75 Å². The van der Waals surface area contributed by atoms with E-state index in [0.717, 1.165) is 25.9 Å². The second-order valence-corrected chi connectivity index (χ2v) is 4.19. The molecule has 1 amide bonds. The van der Waals surface area contributed by atoms with Crippen LogP contribution in [-0.4, -0.2) is 55.7 Å². The van der Waals surface area contributed by atoms with Crippen molar-refractivity contribution in [3.05, 3.63) is 0 Å². The van der Waals surface area contributed by atoms with Gasteiger partial charge in [0.15, 0.2) is 0 Å². The van der Waals surface area contributed by atoms with Crippen LogP contribution in [0.15, 0.2) is 0 Å². The molecule has 0 unspecified atom stereocenters. The SMILES string of the molecule is CN(C)CCCN(C)C(=O)CCC[S-].[Y]. The van der Waals surface area contributed by atoms with Crippen LogP contribution in [0.2, 0.25) is 0 Å². The third-order valence-electron chi connectivity index (χ3n) is 2.06. The molecule has 0 heterocycles. The molecule has 0 aromatic heterocycles. The first-order chi connectivity index (χ1) is 6.57. The van der Waals surface area contributed by atoms with Crippen molar-refractivity contribution >= 4 is 18.5 Å². The Kier molecular flexibility index (Phi) is 13.8. The van der Waals surface area contributed by atoms with Gasteiger partial charge in [-0.15, -0.1) is 0 Å². The average Bonchev–Trinajstić information content (AvgIpc) is 2.13. The first-order valence-electron chi connectivity index (χ1n) is 5.04.